The van der Waals surface area contributed by atoms with Crippen LogP contribution in [0.1, 0.15) is 24.1 Å². The molecule has 0 atom stereocenters. The van der Waals surface area contributed by atoms with Gasteiger partial charge in [0, 0.05) is 6.54 Å². The fourth-order valence-corrected chi connectivity index (χ4v) is 5.66. The van der Waals surface area contributed by atoms with Crippen LogP contribution in [0, 0.1) is 0 Å². The van der Waals surface area contributed by atoms with Crippen molar-refractivity contribution in [3.8, 4) is 0 Å². The SMILES string of the molecule is CCn1c(=O)sc2cc(S(=O)(=O)NC(c3ccccc3)c3ccccc3)ccc21. The number of thiazole rings is 1. The summed E-state index contributed by atoms with van der Waals surface area (Å²) < 4.78 is 31.5. The third-order valence-corrected chi connectivity index (χ3v) is 7.17. The zero-order chi connectivity index (χ0) is 20.4. The Morgan fingerprint density at radius 2 is 1.52 bits per heavy atom. The van der Waals surface area contributed by atoms with Crippen molar-refractivity contribution < 1.29 is 8.42 Å². The van der Waals surface area contributed by atoms with Crippen LogP contribution in [0.2, 0.25) is 0 Å². The molecular formula is C22H20N2O3S2. The van der Waals surface area contributed by atoms with E-state index in [2.05, 4.69) is 4.72 Å². The maximum Gasteiger partial charge on any atom is 0.308 e. The number of hydrogen-bond donors (Lipinski definition) is 1. The topological polar surface area (TPSA) is 68.2 Å². The Hall–Kier alpha value is -2.74. The highest BCUT2D eigenvalue weighted by Gasteiger charge is 2.23. The fraction of sp³-hybridized carbons (Fsp3) is 0.136. The van der Waals surface area contributed by atoms with E-state index in [1.165, 1.54) is 0 Å². The van der Waals surface area contributed by atoms with E-state index >= 15 is 0 Å². The summed E-state index contributed by atoms with van der Waals surface area (Å²) in [4.78, 5) is 12.2. The molecule has 0 bridgehead atoms. The van der Waals surface area contributed by atoms with Crippen LogP contribution in [-0.4, -0.2) is 13.0 Å². The van der Waals surface area contributed by atoms with Crippen molar-refractivity contribution in [3.63, 3.8) is 0 Å². The van der Waals surface area contributed by atoms with Crippen LogP contribution in [0.5, 0.6) is 0 Å². The maximum absolute atomic E-state index is 13.2. The van der Waals surface area contributed by atoms with Crippen LogP contribution in [0.3, 0.4) is 0 Å². The molecule has 7 heteroatoms. The third kappa shape index (κ3) is 3.89. The molecule has 0 saturated carbocycles. The van der Waals surface area contributed by atoms with Gasteiger partial charge in [-0.2, -0.15) is 4.72 Å². The summed E-state index contributed by atoms with van der Waals surface area (Å²) in [5.74, 6) is 0. The Labute approximate surface area is 173 Å². The fourth-order valence-electron chi connectivity index (χ4n) is 3.36. The summed E-state index contributed by atoms with van der Waals surface area (Å²) in [6.45, 7) is 2.44. The minimum absolute atomic E-state index is 0.0866. The van der Waals surface area contributed by atoms with Gasteiger partial charge in [-0.1, -0.05) is 72.0 Å². The van der Waals surface area contributed by atoms with Gasteiger partial charge >= 0.3 is 4.87 Å². The van der Waals surface area contributed by atoms with Gasteiger partial charge in [0.15, 0.2) is 0 Å². The van der Waals surface area contributed by atoms with Crippen molar-refractivity contribution >= 4 is 31.6 Å². The first-order chi connectivity index (χ1) is 14.0. The van der Waals surface area contributed by atoms with Crippen LogP contribution in [0.25, 0.3) is 10.2 Å². The average Bonchev–Trinajstić information content (AvgIpc) is 3.07. The number of aryl methyl sites for hydroxylation is 1. The molecule has 0 amide bonds. The first-order valence-corrected chi connectivity index (χ1v) is 11.5. The second-order valence-electron chi connectivity index (χ2n) is 6.62. The first-order valence-electron chi connectivity index (χ1n) is 9.25. The molecule has 0 fully saturated rings. The Kier molecular flexibility index (Phi) is 5.36. The monoisotopic (exact) mass is 424 g/mol. The molecule has 0 spiro atoms. The van der Waals surface area contributed by atoms with Gasteiger partial charge < -0.3 is 0 Å². The van der Waals surface area contributed by atoms with E-state index in [0.29, 0.717) is 11.2 Å². The van der Waals surface area contributed by atoms with Crippen molar-refractivity contribution in [2.75, 3.05) is 0 Å². The molecule has 0 aliphatic heterocycles. The lowest BCUT2D eigenvalue weighted by molar-refractivity contribution is 0.572. The van der Waals surface area contributed by atoms with E-state index in [0.717, 1.165) is 28.0 Å². The molecule has 0 saturated heterocycles. The van der Waals surface area contributed by atoms with Crippen molar-refractivity contribution in [2.24, 2.45) is 0 Å². The molecule has 5 nitrogen and oxygen atoms in total. The minimum atomic E-state index is -3.81. The van der Waals surface area contributed by atoms with Crippen LogP contribution in [0.4, 0.5) is 0 Å². The highest BCUT2D eigenvalue weighted by molar-refractivity contribution is 7.89. The number of nitrogens with one attached hydrogen (secondary N) is 1. The molecule has 3 aromatic carbocycles. The Balaban J connectivity index is 1.76. The van der Waals surface area contributed by atoms with E-state index in [1.807, 2.05) is 67.6 Å². The molecule has 0 aliphatic rings. The van der Waals surface area contributed by atoms with Gasteiger partial charge in [0.05, 0.1) is 21.2 Å². The summed E-state index contributed by atoms with van der Waals surface area (Å²) in [6, 6.07) is 23.2. The zero-order valence-electron chi connectivity index (χ0n) is 15.8. The number of rotatable bonds is 6. The molecule has 4 aromatic rings. The lowest BCUT2D eigenvalue weighted by Gasteiger charge is -2.20. The molecule has 4 rings (SSSR count). The predicted octanol–water partition coefficient (Wildman–Crippen LogP) is 4.15. The number of hydrogen-bond acceptors (Lipinski definition) is 4. The molecule has 0 radical (unpaired) electrons. The highest BCUT2D eigenvalue weighted by atomic mass is 32.2. The standard InChI is InChI=1S/C22H20N2O3S2/c1-2-24-19-14-13-18(15-20(19)28-22(24)25)29(26,27)23-21(16-9-5-3-6-10-16)17-11-7-4-8-12-17/h3-15,21,23H,2H2,1H3. The summed E-state index contributed by atoms with van der Waals surface area (Å²) in [6.07, 6.45) is 0. The Morgan fingerprint density at radius 3 is 2.07 bits per heavy atom. The average molecular weight is 425 g/mol. The number of aromatic nitrogens is 1. The van der Waals surface area contributed by atoms with Gasteiger partial charge in [-0.25, -0.2) is 8.42 Å². The second kappa shape index (κ2) is 7.94. The summed E-state index contributed by atoms with van der Waals surface area (Å²) in [5.41, 5.74) is 2.46. The molecule has 1 heterocycles. The molecule has 148 valence electrons. The summed E-state index contributed by atoms with van der Waals surface area (Å²) >= 11 is 1.06. The number of fused-ring (bicyclic) bond motifs is 1. The molecular weight excluding hydrogens is 404 g/mol. The number of benzene rings is 3. The molecule has 29 heavy (non-hydrogen) atoms. The van der Waals surface area contributed by atoms with Crippen molar-refractivity contribution in [3.05, 3.63) is 99.7 Å². The van der Waals surface area contributed by atoms with Gasteiger partial charge in [-0.3, -0.25) is 9.36 Å². The zero-order valence-corrected chi connectivity index (χ0v) is 17.4. The largest absolute Gasteiger partial charge is 0.308 e. The molecule has 1 aromatic heterocycles. The number of sulfonamides is 1. The van der Waals surface area contributed by atoms with Gasteiger partial charge in [0.2, 0.25) is 10.0 Å². The third-order valence-electron chi connectivity index (χ3n) is 4.81. The van der Waals surface area contributed by atoms with E-state index in [1.54, 1.807) is 22.8 Å². The smallest absolute Gasteiger partial charge is 0.299 e. The number of nitrogens with zero attached hydrogens (tertiary/aromatic N) is 1. The van der Waals surface area contributed by atoms with E-state index in [4.69, 9.17) is 0 Å². The molecule has 0 unspecified atom stereocenters. The van der Waals surface area contributed by atoms with E-state index < -0.39 is 16.1 Å². The summed E-state index contributed by atoms with van der Waals surface area (Å²) in [7, 11) is -3.81. The van der Waals surface area contributed by atoms with Crippen LogP contribution in [-0.2, 0) is 16.6 Å². The quantitative estimate of drug-likeness (QED) is 0.506. The van der Waals surface area contributed by atoms with Gasteiger partial charge in [0.1, 0.15) is 0 Å². The lowest BCUT2D eigenvalue weighted by Crippen LogP contribution is -2.29. The van der Waals surface area contributed by atoms with E-state index in [-0.39, 0.29) is 9.77 Å². The van der Waals surface area contributed by atoms with Crippen LogP contribution >= 0.6 is 11.3 Å². The van der Waals surface area contributed by atoms with Gasteiger partial charge in [-0.15, -0.1) is 0 Å². The Bertz CT molecular complexity index is 1250. The Morgan fingerprint density at radius 1 is 0.931 bits per heavy atom. The lowest BCUT2D eigenvalue weighted by atomic mass is 10.00. The van der Waals surface area contributed by atoms with Crippen molar-refractivity contribution in [2.45, 2.75) is 24.4 Å². The van der Waals surface area contributed by atoms with Crippen molar-refractivity contribution in [1.82, 2.24) is 9.29 Å². The highest BCUT2D eigenvalue weighted by Crippen LogP contribution is 2.26. The molecule has 0 aliphatic carbocycles. The van der Waals surface area contributed by atoms with Crippen LogP contribution < -0.4 is 9.60 Å². The van der Waals surface area contributed by atoms with Crippen molar-refractivity contribution in [1.29, 1.82) is 0 Å². The normalized spacial score (nSPS) is 11.9. The maximum atomic E-state index is 13.2. The van der Waals surface area contributed by atoms with E-state index in [9.17, 15) is 13.2 Å². The second-order valence-corrected chi connectivity index (χ2v) is 9.32. The van der Waals surface area contributed by atoms with Gasteiger partial charge in [0.25, 0.3) is 0 Å². The summed E-state index contributed by atoms with van der Waals surface area (Å²) in [5, 5.41) is 0. The van der Waals surface area contributed by atoms with Crippen LogP contribution in [0.15, 0.2) is 88.6 Å². The predicted molar refractivity (Wildman–Crippen MR) is 117 cm³/mol. The first kappa shape index (κ1) is 19.6. The minimum Gasteiger partial charge on any atom is -0.299 e. The molecule has 1 N–H and O–H groups in total. The van der Waals surface area contributed by atoms with Gasteiger partial charge in [-0.05, 0) is 36.2 Å².